The van der Waals surface area contributed by atoms with Crippen molar-refractivity contribution in [1.29, 1.82) is 0 Å². The summed E-state index contributed by atoms with van der Waals surface area (Å²) >= 11 is 1.09. The minimum absolute atomic E-state index is 0.0340. The second-order valence-corrected chi connectivity index (χ2v) is 9.33. The molecule has 3 atom stereocenters. The van der Waals surface area contributed by atoms with Crippen molar-refractivity contribution < 1.29 is 29.1 Å². The van der Waals surface area contributed by atoms with Gasteiger partial charge in [0.05, 0.1) is 0 Å². The topological polar surface area (TPSA) is 125 Å². The standard InChI is InChI=1S/C25H25N3O6S/c1-3-17-19(28-23(31)18(26-14(2)29)24(28)35-21(17)22(30)27-33)25(32)34-20(15-10-6-4-7-11-15)16-12-8-5-9-13-16/h4-13,18,20-21,24,33H,3H2,1-2H3,(H,26,29)(H,27,30)/t18?,21?,24-/m1/s1. The largest absolute Gasteiger partial charge is 0.448 e. The quantitative estimate of drug-likeness (QED) is 0.233. The van der Waals surface area contributed by atoms with Crippen LogP contribution in [0.5, 0.6) is 0 Å². The zero-order valence-corrected chi connectivity index (χ0v) is 20.0. The second-order valence-electron chi connectivity index (χ2n) is 8.10. The van der Waals surface area contributed by atoms with Crippen LogP contribution in [0.4, 0.5) is 0 Å². The van der Waals surface area contributed by atoms with Crippen LogP contribution in [0.25, 0.3) is 0 Å². The molecule has 4 rings (SSSR count). The summed E-state index contributed by atoms with van der Waals surface area (Å²) in [6.07, 6.45) is -0.491. The van der Waals surface area contributed by atoms with Crippen LogP contribution in [0.1, 0.15) is 37.5 Å². The zero-order valence-electron chi connectivity index (χ0n) is 19.1. The molecule has 0 aromatic heterocycles. The first-order valence-electron chi connectivity index (χ1n) is 11.1. The first-order chi connectivity index (χ1) is 16.9. The Balaban J connectivity index is 1.74. The number of hydrogen-bond donors (Lipinski definition) is 3. The van der Waals surface area contributed by atoms with Crippen LogP contribution < -0.4 is 10.8 Å². The molecular weight excluding hydrogens is 470 g/mol. The summed E-state index contributed by atoms with van der Waals surface area (Å²) in [5.41, 5.74) is 3.44. The number of carbonyl (C=O) groups excluding carboxylic acids is 4. The van der Waals surface area contributed by atoms with Gasteiger partial charge >= 0.3 is 5.97 Å². The van der Waals surface area contributed by atoms with Crippen molar-refractivity contribution in [3.8, 4) is 0 Å². The average molecular weight is 496 g/mol. The highest BCUT2D eigenvalue weighted by molar-refractivity contribution is 8.01. The van der Waals surface area contributed by atoms with E-state index in [1.54, 1.807) is 12.4 Å². The number of thioether (sulfide) groups is 1. The number of amides is 3. The number of β-lactam (4-membered cyclic amide) rings is 1. The Morgan fingerprint density at radius 1 is 1.06 bits per heavy atom. The van der Waals surface area contributed by atoms with Crippen molar-refractivity contribution in [2.24, 2.45) is 0 Å². The molecule has 10 heteroatoms. The third-order valence-corrected chi connectivity index (χ3v) is 7.42. The lowest BCUT2D eigenvalue weighted by atomic mass is 9.98. The number of fused-ring (bicyclic) bond motifs is 1. The van der Waals surface area contributed by atoms with E-state index in [0.29, 0.717) is 5.57 Å². The third kappa shape index (κ3) is 4.67. The first-order valence-corrected chi connectivity index (χ1v) is 12.0. The zero-order chi connectivity index (χ0) is 25.1. The second kappa shape index (κ2) is 10.3. The minimum Gasteiger partial charge on any atom is -0.448 e. The highest BCUT2D eigenvalue weighted by Gasteiger charge is 2.57. The predicted molar refractivity (Wildman–Crippen MR) is 128 cm³/mol. The van der Waals surface area contributed by atoms with Crippen molar-refractivity contribution in [2.45, 2.75) is 43.0 Å². The lowest BCUT2D eigenvalue weighted by molar-refractivity contribution is -0.154. The van der Waals surface area contributed by atoms with Crippen LogP contribution >= 0.6 is 11.8 Å². The minimum atomic E-state index is -0.940. The summed E-state index contributed by atoms with van der Waals surface area (Å²) in [6.45, 7) is 3.04. The molecule has 0 aliphatic carbocycles. The Labute approximate surface area is 206 Å². The van der Waals surface area contributed by atoms with Gasteiger partial charge < -0.3 is 10.1 Å². The van der Waals surface area contributed by atoms with Crippen LogP contribution in [-0.4, -0.2) is 50.5 Å². The van der Waals surface area contributed by atoms with E-state index in [9.17, 15) is 24.4 Å². The molecule has 35 heavy (non-hydrogen) atoms. The Hall–Kier alpha value is -3.63. The number of carbonyl (C=O) groups is 4. The van der Waals surface area contributed by atoms with Crippen molar-refractivity contribution in [3.05, 3.63) is 83.1 Å². The number of esters is 1. The van der Waals surface area contributed by atoms with Crippen LogP contribution in [0, 0.1) is 0 Å². The van der Waals surface area contributed by atoms with Crippen molar-refractivity contribution >= 4 is 35.5 Å². The maximum atomic E-state index is 13.7. The summed E-state index contributed by atoms with van der Waals surface area (Å²) in [7, 11) is 0. The number of rotatable bonds is 7. The molecule has 2 aromatic rings. The van der Waals surface area contributed by atoms with Gasteiger partial charge in [0.15, 0.2) is 6.10 Å². The number of hydrogen-bond acceptors (Lipinski definition) is 7. The van der Waals surface area contributed by atoms with E-state index in [4.69, 9.17) is 4.74 Å². The Morgan fingerprint density at radius 3 is 2.11 bits per heavy atom. The third-order valence-electron chi connectivity index (χ3n) is 5.89. The summed E-state index contributed by atoms with van der Waals surface area (Å²) in [6, 6.07) is 17.5. The van der Waals surface area contributed by atoms with Crippen molar-refractivity contribution in [3.63, 3.8) is 0 Å². The molecule has 9 nitrogen and oxygen atoms in total. The SMILES string of the molecule is CCC1=C(C(=O)OC(c2ccccc2)c2ccccc2)N2C(=O)C(NC(C)=O)[C@H]2SC1C(=O)NO. The molecular formula is C25H25N3O6S. The molecule has 1 saturated heterocycles. The lowest BCUT2D eigenvalue weighted by Crippen LogP contribution is -2.71. The molecule has 2 aliphatic heterocycles. The van der Waals surface area contributed by atoms with Gasteiger partial charge in [0.1, 0.15) is 22.4 Å². The summed E-state index contributed by atoms with van der Waals surface area (Å²) in [4.78, 5) is 52.1. The van der Waals surface area contributed by atoms with E-state index in [-0.39, 0.29) is 12.1 Å². The normalized spacial score (nSPS) is 21.2. The van der Waals surface area contributed by atoms with E-state index in [1.807, 2.05) is 60.7 Å². The van der Waals surface area contributed by atoms with Gasteiger partial charge in [-0.2, -0.15) is 0 Å². The molecule has 2 aromatic carbocycles. The van der Waals surface area contributed by atoms with Crippen LogP contribution in [-0.2, 0) is 23.9 Å². The Kier molecular flexibility index (Phi) is 7.23. The van der Waals surface area contributed by atoms with Gasteiger partial charge in [0, 0.05) is 6.92 Å². The van der Waals surface area contributed by atoms with E-state index in [2.05, 4.69) is 5.32 Å². The monoisotopic (exact) mass is 495 g/mol. The van der Waals surface area contributed by atoms with Gasteiger partial charge in [-0.05, 0) is 23.1 Å². The van der Waals surface area contributed by atoms with Crippen LogP contribution in [0.2, 0.25) is 0 Å². The molecule has 2 unspecified atom stereocenters. The molecule has 0 spiro atoms. The molecule has 3 N–H and O–H groups in total. The van der Waals surface area contributed by atoms with Gasteiger partial charge in [-0.3, -0.25) is 24.5 Å². The number of hydroxylamine groups is 1. The number of ether oxygens (including phenoxy) is 1. The summed E-state index contributed by atoms with van der Waals surface area (Å²) < 4.78 is 5.99. The Morgan fingerprint density at radius 2 is 1.63 bits per heavy atom. The van der Waals surface area contributed by atoms with E-state index in [1.165, 1.54) is 11.8 Å². The number of benzene rings is 2. The van der Waals surface area contributed by atoms with Crippen LogP contribution in [0.3, 0.4) is 0 Å². The van der Waals surface area contributed by atoms with Crippen molar-refractivity contribution in [2.75, 3.05) is 0 Å². The van der Waals surface area contributed by atoms with E-state index >= 15 is 0 Å². The van der Waals surface area contributed by atoms with Gasteiger partial charge in [-0.15, -0.1) is 11.8 Å². The van der Waals surface area contributed by atoms with Gasteiger partial charge in [0.25, 0.3) is 11.8 Å². The molecule has 0 bridgehead atoms. The summed E-state index contributed by atoms with van der Waals surface area (Å²) in [5.74, 6) is -2.36. The summed E-state index contributed by atoms with van der Waals surface area (Å²) in [5, 5.41) is 10.2. The number of nitrogens with one attached hydrogen (secondary N) is 2. The van der Waals surface area contributed by atoms with Crippen LogP contribution in [0.15, 0.2) is 71.9 Å². The highest BCUT2D eigenvalue weighted by Crippen LogP contribution is 2.46. The molecule has 1 fully saturated rings. The molecule has 2 heterocycles. The molecule has 0 saturated carbocycles. The molecule has 182 valence electrons. The first kappa shape index (κ1) is 24.5. The number of nitrogens with zero attached hydrogens (tertiary/aromatic N) is 1. The molecule has 0 radical (unpaired) electrons. The smallest absolute Gasteiger partial charge is 0.356 e. The van der Waals surface area contributed by atoms with E-state index < -0.39 is 46.5 Å². The Bertz CT molecular complexity index is 1130. The molecule has 3 amide bonds. The van der Waals surface area contributed by atoms with Gasteiger partial charge in [-0.25, -0.2) is 10.3 Å². The van der Waals surface area contributed by atoms with E-state index in [0.717, 1.165) is 22.9 Å². The highest BCUT2D eigenvalue weighted by atomic mass is 32.2. The maximum Gasteiger partial charge on any atom is 0.356 e. The predicted octanol–water partition coefficient (Wildman–Crippen LogP) is 2.28. The van der Waals surface area contributed by atoms with Gasteiger partial charge in [0.2, 0.25) is 5.91 Å². The maximum absolute atomic E-state index is 13.7. The van der Waals surface area contributed by atoms with Crippen molar-refractivity contribution in [1.82, 2.24) is 15.7 Å². The van der Waals surface area contributed by atoms with Gasteiger partial charge in [-0.1, -0.05) is 67.6 Å². The fraction of sp³-hybridized carbons (Fsp3) is 0.280. The average Bonchev–Trinajstić information content (AvgIpc) is 2.89. The fourth-order valence-electron chi connectivity index (χ4n) is 4.30. The lowest BCUT2D eigenvalue weighted by Gasteiger charge is -2.51. The fourth-order valence-corrected chi connectivity index (χ4v) is 5.87. The molecule has 2 aliphatic rings.